The van der Waals surface area contributed by atoms with Crippen molar-refractivity contribution in [1.82, 2.24) is 4.98 Å². The fraction of sp³-hybridized carbons (Fsp3) is 0.0938. The van der Waals surface area contributed by atoms with Gasteiger partial charge < -0.3 is 15.0 Å². The van der Waals surface area contributed by atoms with Gasteiger partial charge in [0.1, 0.15) is 11.2 Å². The number of anilines is 1. The summed E-state index contributed by atoms with van der Waals surface area (Å²) in [7, 11) is 0. The molecule has 36 heavy (non-hydrogen) atoms. The number of phenols is 1. The molecule has 0 bridgehead atoms. The smallest absolute Gasteiger partial charge is 0.242 e. The molecule has 4 nitrogen and oxygen atoms in total. The van der Waals surface area contributed by atoms with Crippen LogP contribution >= 0.6 is 0 Å². The zero-order chi connectivity index (χ0) is 24.7. The molecule has 1 aliphatic rings. The zero-order valence-electron chi connectivity index (χ0n) is 19.8. The van der Waals surface area contributed by atoms with Crippen LogP contribution in [-0.4, -0.2) is 16.0 Å². The molecule has 176 valence electrons. The molecule has 2 heterocycles. The molecule has 4 aromatic carbocycles. The number of hydrogen-bond donors (Lipinski definition) is 2. The SMILES string of the molecule is C=C(C[C@@]1(c2c[nH]c3ccccc23)C(=O)N(Cc2ccccc2)c2ccccc21)c1ccccc1O. The Hall–Kier alpha value is -4.57. The molecule has 2 N–H and O–H groups in total. The van der Waals surface area contributed by atoms with Crippen molar-refractivity contribution < 1.29 is 9.90 Å². The number of aromatic amines is 1. The van der Waals surface area contributed by atoms with Crippen molar-refractivity contribution in [3.8, 4) is 5.75 Å². The molecular weight excluding hydrogens is 444 g/mol. The van der Waals surface area contributed by atoms with E-state index in [1.54, 1.807) is 12.1 Å². The van der Waals surface area contributed by atoms with E-state index in [0.717, 1.165) is 33.3 Å². The summed E-state index contributed by atoms with van der Waals surface area (Å²) in [6, 6.07) is 33.4. The number of phenolic OH excluding ortho intramolecular Hbond substituents is 1. The summed E-state index contributed by atoms with van der Waals surface area (Å²) in [4.78, 5) is 20.0. The first-order valence-electron chi connectivity index (χ1n) is 12.1. The highest BCUT2D eigenvalue weighted by Crippen LogP contribution is 2.53. The third-order valence-electron chi connectivity index (χ3n) is 7.26. The van der Waals surface area contributed by atoms with Crippen molar-refractivity contribution in [2.45, 2.75) is 18.4 Å². The molecule has 0 radical (unpaired) electrons. The van der Waals surface area contributed by atoms with Crippen LogP contribution in [0.25, 0.3) is 16.5 Å². The summed E-state index contributed by atoms with van der Waals surface area (Å²) in [5, 5.41) is 11.6. The van der Waals surface area contributed by atoms with Crippen molar-refractivity contribution in [3.05, 3.63) is 138 Å². The molecule has 1 aliphatic heterocycles. The minimum Gasteiger partial charge on any atom is -0.507 e. The Kier molecular flexibility index (Phi) is 5.23. The second kappa shape index (κ2) is 8.58. The van der Waals surface area contributed by atoms with Crippen LogP contribution in [0.4, 0.5) is 5.69 Å². The topological polar surface area (TPSA) is 56.3 Å². The minimum atomic E-state index is -0.996. The number of amides is 1. The number of fused-ring (bicyclic) bond motifs is 2. The van der Waals surface area contributed by atoms with Gasteiger partial charge in [-0.25, -0.2) is 0 Å². The number of H-pyrrole nitrogens is 1. The highest BCUT2D eigenvalue weighted by molar-refractivity contribution is 6.13. The monoisotopic (exact) mass is 470 g/mol. The van der Waals surface area contributed by atoms with E-state index < -0.39 is 5.41 Å². The van der Waals surface area contributed by atoms with Crippen LogP contribution < -0.4 is 4.90 Å². The zero-order valence-corrected chi connectivity index (χ0v) is 19.8. The Morgan fingerprint density at radius 2 is 1.53 bits per heavy atom. The molecule has 0 unspecified atom stereocenters. The van der Waals surface area contributed by atoms with Gasteiger partial charge in [0.25, 0.3) is 0 Å². The molecule has 0 saturated carbocycles. The second-order valence-corrected chi connectivity index (χ2v) is 9.34. The first kappa shape index (κ1) is 21.9. The van der Waals surface area contributed by atoms with Gasteiger partial charge in [-0.2, -0.15) is 0 Å². The fourth-order valence-corrected chi connectivity index (χ4v) is 5.59. The van der Waals surface area contributed by atoms with Crippen molar-refractivity contribution in [2.75, 3.05) is 4.90 Å². The Morgan fingerprint density at radius 3 is 2.36 bits per heavy atom. The molecule has 5 aromatic rings. The minimum absolute atomic E-state index is 0.00822. The highest BCUT2D eigenvalue weighted by Gasteiger charge is 2.53. The van der Waals surface area contributed by atoms with Crippen molar-refractivity contribution in [3.63, 3.8) is 0 Å². The third kappa shape index (κ3) is 3.34. The number of carbonyl (C=O) groups excluding carboxylic acids is 1. The largest absolute Gasteiger partial charge is 0.507 e. The standard InChI is InChI=1S/C32H26N2O2/c1-22(24-13-6-10-18-30(24)35)19-32(27-20-33-28-16-8-5-14-25(27)28)26-15-7-9-17-29(26)34(31(32)36)21-23-11-3-2-4-12-23/h2-18,20,33,35H,1,19,21H2/t32-/m1/s1. The highest BCUT2D eigenvalue weighted by atomic mass is 16.3. The van der Waals surface area contributed by atoms with E-state index >= 15 is 0 Å². The number of nitrogens with zero attached hydrogens (tertiary/aromatic N) is 1. The van der Waals surface area contributed by atoms with Gasteiger partial charge >= 0.3 is 0 Å². The van der Waals surface area contributed by atoms with Gasteiger partial charge in [-0.05, 0) is 46.9 Å². The molecule has 1 amide bonds. The summed E-state index contributed by atoms with van der Waals surface area (Å²) in [6.07, 6.45) is 2.30. The number of aromatic nitrogens is 1. The maximum atomic E-state index is 14.7. The number of carbonyl (C=O) groups is 1. The molecule has 0 spiro atoms. The number of allylic oxidation sites excluding steroid dienone is 1. The van der Waals surface area contributed by atoms with E-state index in [-0.39, 0.29) is 11.7 Å². The predicted molar refractivity (Wildman–Crippen MR) is 145 cm³/mol. The van der Waals surface area contributed by atoms with E-state index in [1.807, 2.05) is 90.0 Å². The van der Waals surface area contributed by atoms with Gasteiger partial charge in [-0.15, -0.1) is 0 Å². The second-order valence-electron chi connectivity index (χ2n) is 9.34. The van der Waals surface area contributed by atoms with Gasteiger partial charge in [0, 0.05) is 28.4 Å². The van der Waals surface area contributed by atoms with Crippen LogP contribution in [-0.2, 0) is 16.8 Å². The molecule has 0 aliphatic carbocycles. The number of benzene rings is 4. The quantitative estimate of drug-likeness (QED) is 0.286. The van der Waals surface area contributed by atoms with Crippen LogP contribution in [0.5, 0.6) is 5.75 Å². The lowest BCUT2D eigenvalue weighted by Crippen LogP contribution is -2.41. The number of aromatic hydroxyl groups is 1. The lowest BCUT2D eigenvalue weighted by Gasteiger charge is -2.30. The number of nitrogens with one attached hydrogen (secondary N) is 1. The summed E-state index contributed by atoms with van der Waals surface area (Å²) in [5.74, 6) is 0.172. The Labute approximate surface area is 210 Å². The lowest BCUT2D eigenvalue weighted by molar-refractivity contribution is -0.121. The van der Waals surface area contributed by atoms with Gasteiger partial charge in [-0.3, -0.25) is 4.79 Å². The molecule has 1 atom stereocenters. The molecule has 4 heteroatoms. The average Bonchev–Trinajstić information content (AvgIpc) is 3.44. The van der Waals surface area contributed by atoms with E-state index in [9.17, 15) is 9.90 Å². The number of hydrogen-bond acceptors (Lipinski definition) is 2. The molecule has 1 aromatic heterocycles. The number of rotatable bonds is 6. The first-order chi connectivity index (χ1) is 17.6. The van der Waals surface area contributed by atoms with Crippen molar-refractivity contribution in [2.24, 2.45) is 0 Å². The van der Waals surface area contributed by atoms with Gasteiger partial charge in [0.05, 0.1) is 6.54 Å². The Balaban J connectivity index is 1.57. The van der Waals surface area contributed by atoms with Gasteiger partial charge in [0.2, 0.25) is 5.91 Å². The van der Waals surface area contributed by atoms with Crippen LogP contribution in [0, 0.1) is 0 Å². The summed E-state index contributed by atoms with van der Waals surface area (Å²) in [6.45, 7) is 4.84. The van der Waals surface area contributed by atoms with Gasteiger partial charge in [-0.1, -0.05) is 91.5 Å². The van der Waals surface area contributed by atoms with Crippen LogP contribution in [0.3, 0.4) is 0 Å². The molecule has 0 saturated heterocycles. The first-order valence-corrected chi connectivity index (χ1v) is 12.1. The summed E-state index contributed by atoms with van der Waals surface area (Å²) < 4.78 is 0. The Morgan fingerprint density at radius 1 is 0.833 bits per heavy atom. The number of para-hydroxylation sites is 3. The molecule has 6 rings (SSSR count). The Bertz CT molecular complexity index is 1600. The van der Waals surface area contributed by atoms with E-state index in [4.69, 9.17) is 0 Å². The van der Waals surface area contributed by atoms with Crippen LogP contribution in [0.1, 0.15) is 28.7 Å². The average molecular weight is 471 g/mol. The van der Waals surface area contributed by atoms with Crippen LogP contribution in [0.15, 0.2) is 116 Å². The van der Waals surface area contributed by atoms with E-state index in [1.165, 1.54) is 0 Å². The maximum absolute atomic E-state index is 14.7. The maximum Gasteiger partial charge on any atom is 0.242 e. The molecule has 0 fully saturated rings. The third-order valence-corrected chi connectivity index (χ3v) is 7.26. The lowest BCUT2D eigenvalue weighted by atomic mass is 9.70. The summed E-state index contributed by atoms with van der Waals surface area (Å²) >= 11 is 0. The van der Waals surface area contributed by atoms with E-state index in [0.29, 0.717) is 24.1 Å². The predicted octanol–water partition coefficient (Wildman–Crippen LogP) is 6.81. The molecular formula is C32H26N2O2. The summed E-state index contributed by atoms with van der Waals surface area (Å²) in [5.41, 5.74) is 5.19. The van der Waals surface area contributed by atoms with Crippen LogP contribution in [0.2, 0.25) is 0 Å². The van der Waals surface area contributed by atoms with E-state index in [2.05, 4.69) is 23.7 Å². The van der Waals surface area contributed by atoms with Crippen molar-refractivity contribution in [1.29, 1.82) is 0 Å². The normalized spacial score (nSPS) is 16.9. The fourth-order valence-electron chi connectivity index (χ4n) is 5.59. The van der Waals surface area contributed by atoms with Gasteiger partial charge in [0.15, 0.2) is 0 Å². The van der Waals surface area contributed by atoms with Crippen molar-refractivity contribution >= 4 is 28.1 Å².